The van der Waals surface area contributed by atoms with E-state index in [-0.39, 0.29) is 22.9 Å². The minimum absolute atomic E-state index is 0.0627. The molecule has 0 saturated heterocycles. The van der Waals surface area contributed by atoms with E-state index in [0.29, 0.717) is 22.9 Å². The van der Waals surface area contributed by atoms with Gasteiger partial charge in [-0.3, -0.25) is 10.1 Å². The van der Waals surface area contributed by atoms with Crippen LogP contribution >= 0.6 is 11.6 Å². The van der Waals surface area contributed by atoms with Crippen molar-refractivity contribution in [3.05, 3.63) is 57.9 Å². The van der Waals surface area contributed by atoms with E-state index >= 15 is 0 Å². The van der Waals surface area contributed by atoms with Crippen molar-refractivity contribution in [1.82, 2.24) is 15.0 Å². The number of methoxy groups -OCH3 is 2. The number of ether oxygens (including phenoxy) is 2. The molecule has 0 fully saturated rings. The van der Waals surface area contributed by atoms with Crippen LogP contribution in [0.25, 0.3) is 0 Å². The van der Waals surface area contributed by atoms with Crippen molar-refractivity contribution in [3.8, 4) is 11.5 Å². The van der Waals surface area contributed by atoms with Crippen molar-refractivity contribution in [2.45, 2.75) is 0 Å². The summed E-state index contributed by atoms with van der Waals surface area (Å²) in [5, 5.41) is 16.7. The smallest absolute Gasteiger partial charge is 0.271 e. The quantitative estimate of drug-likeness (QED) is 0.446. The fourth-order valence-electron chi connectivity index (χ4n) is 2.32. The van der Waals surface area contributed by atoms with Gasteiger partial charge >= 0.3 is 0 Å². The Hall–Kier alpha value is -3.66. The highest BCUT2D eigenvalue weighted by molar-refractivity contribution is 6.28. The number of aromatic nitrogens is 3. The lowest BCUT2D eigenvalue weighted by molar-refractivity contribution is -0.384. The lowest BCUT2D eigenvalue weighted by atomic mass is 10.2. The summed E-state index contributed by atoms with van der Waals surface area (Å²) in [6.07, 6.45) is 0. The predicted molar refractivity (Wildman–Crippen MR) is 104 cm³/mol. The average Bonchev–Trinajstić information content (AvgIpc) is 2.67. The first-order valence-electron chi connectivity index (χ1n) is 7.90. The summed E-state index contributed by atoms with van der Waals surface area (Å²) in [5.41, 5.74) is 0.927. The minimum Gasteiger partial charge on any atom is -0.497 e. The third-order valence-electron chi connectivity index (χ3n) is 3.57. The van der Waals surface area contributed by atoms with Gasteiger partial charge in [0.05, 0.1) is 24.8 Å². The summed E-state index contributed by atoms with van der Waals surface area (Å²) in [4.78, 5) is 22.7. The van der Waals surface area contributed by atoms with Crippen molar-refractivity contribution >= 4 is 40.6 Å². The maximum Gasteiger partial charge on any atom is 0.271 e. The largest absolute Gasteiger partial charge is 0.497 e. The van der Waals surface area contributed by atoms with E-state index in [2.05, 4.69) is 25.6 Å². The Bertz CT molecular complexity index is 1020. The van der Waals surface area contributed by atoms with Crippen LogP contribution in [0, 0.1) is 10.1 Å². The summed E-state index contributed by atoms with van der Waals surface area (Å²) in [6, 6.07) is 11.1. The van der Waals surface area contributed by atoms with E-state index in [1.165, 1.54) is 19.2 Å². The van der Waals surface area contributed by atoms with Gasteiger partial charge in [-0.2, -0.15) is 15.0 Å². The molecular weight excluding hydrogens is 388 g/mol. The standard InChI is InChI=1S/C17H15ClN6O4/c1-27-12-6-7-14(28-2)13(9-12)20-17-22-15(18)21-16(23-17)19-10-4-3-5-11(8-10)24(25)26/h3-9H,1-2H3,(H2,19,20,21,22,23). The Balaban J connectivity index is 1.88. The number of hydrogen-bond donors (Lipinski definition) is 2. The first-order chi connectivity index (χ1) is 13.5. The fraction of sp³-hybridized carbons (Fsp3) is 0.118. The number of benzene rings is 2. The number of non-ortho nitro benzene ring substituents is 1. The summed E-state index contributed by atoms with van der Waals surface area (Å²) in [5.74, 6) is 1.42. The molecule has 1 aromatic heterocycles. The van der Waals surface area contributed by atoms with Crippen LogP contribution in [0.2, 0.25) is 5.28 Å². The molecule has 11 heteroatoms. The zero-order valence-electron chi connectivity index (χ0n) is 14.8. The van der Waals surface area contributed by atoms with Crippen LogP contribution in [0.1, 0.15) is 0 Å². The van der Waals surface area contributed by atoms with Crippen molar-refractivity contribution in [2.24, 2.45) is 0 Å². The molecule has 0 aliphatic rings. The number of nitro groups is 1. The van der Waals surface area contributed by atoms with Crippen LogP contribution in [0.15, 0.2) is 42.5 Å². The molecule has 0 aliphatic carbocycles. The maximum absolute atomic E-state index is 10.9. The fourth-order valence-corrected chi connectivity index (χ4v) is 2.48. The van der Waals surface area contributed by atoms with Gasteiger partial charge in [0.1, 0.15) is 11.5 Å². The van der Waals surface area contributed by atoms with Gasteiger partial charge < -0.3 is 20.1 Å². The molecule has 0 saturated carbocycles. The second-order valence-electron chi connectivity index (χ2n) is 5.38. The average molecular weight is 403 g/mol. The van der Waals surface area contributed by atoms with E-state index in [0.717, 1.165) is 0 Å². The van der Waals surface area contributed by atoms with Crippen LogP contribution in [0.4, 0.5) is 29.0 Å². The monoisotopic (exact) mass is 402 g/mol. The summed E-state index contributed by atoms with van der Waals surface area (Å²) in [6.45, 7) is 0. The van der Waals surface area contributed by atoms with Crippen molar-refractivity contribution in [1.29, 1.82) is 0 Å². The highest BCUT2D eigenvalue weighted by Gasteiger charge is 2.11. The van der Waals surface area contributed by atoms with E-state index in [1.54, 1.807) is 37.4 Å². The highest BCUT2D eigenvalue weighted by atomic mass is 35.5. The molecule has 0 aliphatic heterocycles. The van der Waals surface area contributed by atoms with E-state index in [1.807, 2.05) is 0 Å². The number of anilines is 4. The van der Waals surface area contributed by atoms with Gasteiger partial charge in [0.2, 0.25) is 17.2 Å². The van der Waals surface area contributed by atoms with Crippen LogP contribution in [0.3, 0.4) is 0 Å². The molecule has 28 heavy (non-hydrogen) atoms. The summed E-state index contributed by atoms with van der Waals surface area (Å²) in [7, 11) is 3.08. The first-order valence-corrected chi connectivity index (χ1v) is 8.28. The minimum atomic E-state index is -0.492. The Morgan fingerprint density at radius 1 is 1.00 bits per heavy atom. The third kappa shape index (κ3) is 4.54. The highest BCUT2D eigenvalue weighted by Crippen LogP contribution is 2.31. The van der Waals surface area contributed by atoms with E-state index in [4.69, 9.17) is 21.1 Å². The second kappa shape index (κ2) is 8.35. The van der Waals surface area contributed by atoms with Gasteiger partial charge in [0, 0.05) is 23.9 Å². The SMILES string of the molecule is COc1ccc(OC)c(Nc2nc(Cl)nc(Nc3cccc([N+](=O)[O-])c3)n2)c1. The Kier molecular flexibility index (Phi) is 5.70. The molecule has 0 spiro atoms. The van der Waals surface area contributed by atoms with E-state index in [9.17, 15) is 10.1 Å². The summed E-state index contributed by atoms with van der Waals surface area (Å²) >= 11 is 5.99. The lowest BCUT2D eigenvalue weighted by Crippen LogP contribution is -2.05. The molecule has 144 valence electrons. The van der Waals surface area contributed by atoms with Gasteiger partial charge in [-0.1, -0.05) is 6.07 Å². The molecule has 3 aromatic rings. The lowest BCUT2D eigenvalue weighted by Gasteiger charge is -2.12. The molecular formula is C17H15ClN6O4. The van der Waals surface area contributed by atoms with Crippen LogP contribution in [-0.4, -0.2) is 34.1 Å². The molecule has 0 bridgehead atoms. The molecule has 3 rings (SSSR count). The van der Waals surface area contributed by atoms with Crippen LogP contribution in [-0.2, 0) is 0 Å². The molecule has 0 atom stereocenters. The van der Waals surface area contributed by atoms with Gasteiger partial charge in [-0.25, -0.2) is 0 Å². The summed E-state index contributed by atoms with van der Waals surface area (Å²) < 4.78 is 10.5. The molecule has 2 aromatic carbocycles. The third-order valence-corrected chi connectivity index (χ3v) is 3.74. The zero-order chi connectivity index (χ0) is 20.1. The topological polar surface area (TPSA) is 124 Å². The van der Waals surface area contributed by atoms with Gasteiger partial charge in [0.25, 0.3) is 5.69 Å². The molecule has 2 N–H and O–H groups in total. The van der Waals surface area contributed by atoms with Gasteiger partial charge in [-0.15, -0.1) is 0 Å². The zero-order valence-corrected chi connectivity index (χ0v) is 15.6. The van der Waals surface area contributed by atoms with Crippen molar-refractivity contribution in [3.63, 3.8) is 0 Å². The number of nitrogens with one attached hydrogen (secondary N) is 2. The predicted octanol–water partition coefficient (Wildman–Crippen LogP) is 3.94. The number of rotatable bonds is 7. The van der Waals surface area contributed by atoms with Crippen molar-refractivity contribution in [2.75, 3.05) is 24.9 Å². The normalized spacial score (nSPS) is 10.2. The molecule has 1 heterocycles. The maximum atomic E-state index is 10.9. The van der Waals surface area contributed by atoms with Crippen molar-refractivity contribution < 1.29 is 14.4 Å². The first kappa shape index (κ1) is 19.1. The molecule has 0 unspecified atom stereocenters. The number of nitrogens with zero attached hydrogens (tertiary/aromatic N) is 4. The van der Waals surface area contributed by atoms with Gasteiger partial charge in [-0.05, 0) is 29.8 Å². The second-order valence-corrected chi connectivity index (χ2v) is 5.71. The molecule has 0 radical (unpaired) electrons. The number of nitro benzene ring substituents is 1. The van der Waals surface area contributed by atoms with E-state index < -0.39 is 4.92 Å². The van der Waals surface area contributed by atoms with Crippen LogP contribution in [0.5, 0.6) is 11.5 Å². The Morgan fingerprint density at radius 2 is 1.75 bits per heavy atom. The van der Waals surface area contributed by atoms with Gasteiger partial charge in [0.15, 0.2) is 0 Å². The number of halogens is 1. The Morgan fingerprint density at radius 3 is 2.43 bits per heavy atom. The molecule has 0 amide bonds. The molecule has 10 nitrogen and oxygen atoms in total. The van der Waals surface area contributed by atoms with Crippen LogP contribution < -0.4 is 20.1 Å². The Labute approximate surface area is 164 Å². The number of hydrogen-bond acceptors (Lipinski definition) is 9.